The van der Waals surface area contributed by atoms with Gasteiger partial charge in [-0.1, -0.05) is 19.9 Å². The van der Waals surface area contributed by atoms with Crippen LogP contribution in [-0.2, 0) is 17.8 Å². The summed E-state index contributed by atoms with van der Waals surface area (Å²) in [5.41, 5.74) is 7.16. The van der Waals surface area contributed by atoms with Crippen LogP contribution < -0.4 is 10.5 Å². The van der Waals surface area contributed by atoms with Crippen LogP contribution in [0.1, 0.15) is 25.0 Å². The molecule has 0 bridgehead atoms. The van der Waals surface area contributed by atoms with Crippen LogP contribution in [0.5, 0.6) is 5.75 Å². The summed E-state index contributed by atoms with van der Waals surface area (Å²) in [5, 5.41) is 0. The van der Waals surface area contributed by atoms with E-state index in [0.29, 0.717) is 0 Å². The van der Waals surface area contributed by atoms with Gasteiger partial charge < -0.3 is 15.2 Å². The molecule has 0 atom stereocenters. The molecule has 0 spiro atoms. The van der Waals surface area contributed by atoms with Crippen LogP contribution in [0.2, 0.25) is 0 Å². The Labute approximate surface area is 98.6 Å². The third-order valence-corrected chi connectivity index (χ3v) is 2.19. The number of ether oxygens (including phenoxy) is 2. The molecule has 0 fully saturated rings. The Morgan fingerprint density at radius 2 is 1.88 bits per heavy atom. The fourth-order valence-electron chi connectivity index (χ4n) is 1.47. The fourth-order valence-corrected chi connectivity index (χ4v) is 1.47. The summed E-state index contributed by atoms with van der Waals surface area (Å²) in [4.78, 5) is 0. The number of hydrogen-bond donors (Lipinski definition) is 1. The summed E-state index contributed by atoms with van der Waals surface area (Å²) in [6.45, 7) is 5.58. The van der Waals surface area contributed by atoms with E-state index in [4.69, 9.17) is 9.47 Å². The lowest BCUT2D eigenvalue weighted by Gasteiger charge is -2.16. The van der Waals surface area contributed by atoms with Gasteiger partial charge in [-0.2, -0.15) is 0 Å². The molecule has 2 rings (SSSR count). The van der Waals surface area contributed by atoms with Crippen molar-refractivity contribution in [3.05, 3.63) is 29.3 Å². The summed E-state index contributed by atoms with van der Waals surface area (Å²) in [7, 11) is 3.20. The number of methoxy groups -OCH3 is 1. The van der Waals surface area contributed by atoms with Gasteiger partial charge in [0, 0.05) is 0 Å². The maximum atomic E-state index is 5.33. The van der Waals surface area contributed by atoms with Crippen molar-refractivity contribution in [3.8, 4) is 5.75 Å². The SMILES string of the molecule is CC.CN.COc1ccc2c(c1)CCOC2. The van der Waals surface area contributed by atoms with Crippen molar-refractivity contribution in [1.82, 2.24) is 0 Å². The Morgan fingerprint density at radius 1 is 1.19 bits per heavy atom. The Hall–Kier alpha value is -1.06. The lowest BCUT2D eigenvalue weighted by molar-refractivity contribution is 0.110. The van der Waals surface area contributed by atoms with Crippen LogP contribution in [0.4, 0.5) is 0 Å². The van der Waals surface area contributed by atoms with Crippen LogP contribution >= 0.6 is 0 Å². The quantitative estimate of drug-likeness (QED) is 0.798. The molecule has 1 aliphatic rings. The van der Waals surface area contributed by atoms with E-state index < -0.39 is 0 Å². The Kier molecular flexibility index (Phi) is 8.58. The molecule has 1 aromatic carbocycles. The van der Waals surface area contributed by atoms with E-state index in [1.54, 1.807) is 7.11 Å². The molecule has 0 aliphatic carbocycles. The van der Waals surface area contributed by atoms with Gasteiger partial charge in [0.25, 0.3) is 0 Å². The Bertz CT molecular complexity index is 287. The zero-order chi connectivity index (χ0) is 12.4. The van der Waals surface area contributed by atoms with Gasteiger partial charge in [0.05, 0.1) is 20.3 Å². The largest absolute Gasteiger partial charge is 0.497 e. The molecule has 1 aromatic rings. The molecule has 3 nitrogen and oxygen atoms in total. The van der Waals surface area contributed by atoms with Gasteiger partial charge in [0.1, 0.15) is 5.75 Å². The topological polar surface area (TPSA) is 44.5 Å². The normalized spacial score (nSPS) is 12.3. The smallest absolute Gasteiger partial charge is 0.119 e. The second-order valence-electron chi connectivity index (χ2n) is 2.94. The molecular formula is C13H23NO2. The van der Waals surface area contributed by atoms with E-state index in [9.17, 15) is 0 Å². The number of benzene rings is 1. The van der Waals surface area contributed by atoms with E-state index in [1.807, 2.05) is 19.9 Å². The van der Waals surface area contributed by atoms with E-state index in [-0.39, 0.29) is 0 Å². The summed E-state index contributed by atoms with van der Waals surface area (Å²) in [6, 6.07) is 6.15. The molecule has 2 N–H and O–H groups in total. The maximum Gasteiger partial charge on any atom is 0.119 e. The van der Waals surface area contributed by atoms with Crippen molar-refractivity contribution in [2.45, 2.75) is 26.9 Å². The first-order chi connectivity index (χ1) is 7.90. The zero-order valence-electron chi connectivity index (χ0n) is 10.7. The molecule has 3 heteroatoms. The summed E-state index contributed by atoms with van der Waals surface area (Å²) < 4.78 is 10.5. The minimum absolute atomic E-state index is 0.749. The first kappa shape index (κ1) is 14.9. The molecule has 1 aliphatic heterocycles. The van der Waals surface area contributed by atoms with E-state index in [0.717, 1.165) is 25.4 Å². The van der Waals surface area contributed by atoms with Crippen LogP contribution in [0.25, 0.3) is 0 Å². The van der Waals surface area contributed by atoms with Crippen LogP contribution in [0, 0.1) is 0 Å². The van der Waals surface area contributed by atoms with E-state index in [1.165, 1.54) is 18.2 Å². The first-order valence-corrected chi connectivity index (χ1v) is 5.71. The average Bonchev–Trinajstić information content (AvgIpc) is 2.42. The Balaban J connectivity index is 0.000000509. The van der Waals surface area contributed by atoms with Gasteiger partial charge in [0.15, 0.2) is 0 Å². The van der Waals surface area contributed by atoms with Gasteiger partial charge in [0.2, 0.25) is 0 Å². The zero-order valence-corrected chi connectivity index (χ0v) is 10.7. The lowest BCUT2D eigenvalue weighted by atomic mass is 10.0. The minimum atomic E-state index is 0.749. The molecule has 0 unspecified atom stereocenters. The lowest BCUT2D eigenvalue weighted by Crippen LogP contribution is -2.09. The van der Waals surface area contributed by atoms with Gasteiger partial charge >= 0.3 is 0 Å². The minimum Gasteiger partial charge on any atom is -0.497 e. The number of fused-ring (bicyclic) bond motifs is 1. The highest BCUT2D eigenvalue weighted by Crippen LogP contribution is 2.21. The predicted octanol–water partition coefficient (Wildman–Crippen LogP) is 2.37. The standard InChI is InChI=1S/C10H12O2.C2H6.CH5N/c1-11-10-3-2-9-7-12-5-4-8(9)6-10;2*1-2/h2-3,6H,4-5,7H2,1H3;1-2H3;2H2,1H3. The van der Waals surface area contributed by atoms with Crippen molar-refractivity contribution >= 4 is 0 Å². The summed E-state index contributed by atoms with van der Waals surface area (Å²) in [6.07, 6.45) is 1.01. The molecule has 92 valence electrons. The number of hydrogen-bond acceptors (Lipinski definition) is 3. The van der Waals surface area contributed by atoms with Crippen molar-refractivity contribution < 1.29 is 9.47 Å². The fraction of sp³-hybridized carbons (Fsp3) is 0.538. The highest BCUT2D eigenvalue weighted by molar-refractivity contribution is 5.36. The van der Waals surface area contributed by atoms with Crippen molar-refractivity contribution in [2.75, 3.05) is 20.8 Å². The molecule has 0 amide bonds. The molecule has 0 radical (unpaired) electrons. The highest BCUT2D eigenvalue weighted by atomic mass is 16.5. The average molecular weight is 225 g/mol. The summed E-state index contributed by atoms with van der Waals surface area (Å²) in [5.74, 6) is 0.940. The van der Waals surface area contributed by atoms with Crippen LogP contribution in [-0.4, -0.2) is 20.8 Å². The Morgan fingerprint density at radius 3 is 2.50 bits per heavy atom. The van der Waals surface area contributed by atoms with Crippen molar-refractivity contribution in [1.29, 1.82) is 0 Å². The molecular weight excluding hydrogens is 202 g/mol. The first-order valence-electron chi connectivity index (χ1n) is 5.71. The van der Waals surface area contributed by atoms with Crippen molar-refractivity contribution in [2.24, 2.45) is 5.73 Å². The number of nitrogens with two attached hydrogens (primary N) is 1. The van der Waals surface area contributed by atoms with Gasteiger partial charge in [-0.3, -0.25) is 0 Å². The van der Waals surface area contributed by atoms with Gasteiger partial charge in [-0.15, -0.1) is 0 Å². The summed E-state index contributed by atoms with van der Waals surface area (Å²) >= 11 is 0. The van der Waals surface area contributed by atoms with Crippen LogP contribution in [0.15, 0.2) is 18.2 Å². The third kappa shape index (κ3) is 4.21. The monoisotopic (exact) mass is 225 g/mol. The van der Waals surface area contributed by atoms with E-state index in [2.05, 4.69) is 17.9 Å². The molecule has 16 heavy (non-hydrogen) atoms. The van der Waals surface area contributed by atoms with Gasteiger partial charge in [-0.25, -0.2) is 0 Å². The molecule has 0 aromatic heterocycles. The highest BCUT2D eigenvalue weighted by Gasteiger charge is 2.09. The third-order valence-electron chi connectivity index (χ3n) is 2.19. The maximum absolute atomic E-state index is 5.33. The second kappa shape index (κ2) is 9.19. The number of rotatable bonds is 1. The van der Waals surface area contributed by atoms with Gasteiger partial charge in [-0.05, 0) is 36.7 Å². The van der Waals surface area contributed by atoms with Crippen molar-refractivity contribution in [3.63, 3.8) is 0 Å². The second-order valence-corrected chi connectivity index (χ2v) is 2.94. The van der Waals surface area contributed by atoms with Crippen LogP contribution in [0.3, 0.4) is 0 Å². The molecule has 0 saturated carbocycles. The predicted molar refractivity (Wildman–Crippen MR) is 67.8 cm³/mol. The van der Waals surface area contributed by atoms with E-state index >= 15 is 0 Å². The molecule has 1 heterocycles. The molecule has 0 saturated heterocycles.